The minimum absolute atomic E-state index is 0.342. The van der Waals surface area contributed by atoms with Crippen molar-refractivity contribution in [3.63, 3.8) is 0 Å². The molecule has 2 heterocycles. The molecule has 6 heteroatoms. The molecule has 1 aromatic rings. The van der Waals surface area contributed by atoms with E-state index in [1.807, 2.05) is 24.7 Å². The summed E-state index contributed by atoms with van der Waals surface area (Å²) in [5, 5.41) is 14.2. The highest BCUT2D eigenvalue weighted by atomic mass is 16.5. The van der Waals surface area contributed by atoms with Gasteiger partial charge in [-0.3, -0.25) is 4.68 Å². The lowest BCUT2D eigenvalue weighted by Crippen LogP contribution is -2.49. The zero-order chi connectivity index (χ0) is 13.4. The van der Waals surface area contributed by atoms with Crippen molar-refractivity contribution in [1.82, 2.24) is 9.78 Å². The van der Waals surface area contributed by atoms with Gasteiger partial charge in [-0.2, -0.15) is 5.10 Å². The van der Waals surface area contributed by atoms with Gasteiger partial charge >= 0.3 is 7.48 Å². The van der Waals surface area contributed by atoms with Gasteiger partial charge in [-0.1, -0.05) is 0 Å². The standard InChI is InChI=1S/C12H20BN2O3/c1-11(2,16)12(3,4)18-13-9-5-14-15(6-9)10-7-17-8-10/h5-6,10,16H,7-8H2,1-4H3. The molecule has 2 rings (SSSR count). The third-order valence-electron chi connectivity index (χ3n) is 3.58. The van der Waals surface area contributed by atoms with Crippen LogP contribution in [0.3, 0.4) is 0 Å². The third-order valence-corrected chi connectivity index (χ3v) is 3.58. The van der Waals surface area contributed by atoms with Crippen LogP contribution in [-0.2, 0) is 9.39 Å². The van der Waals surface area contributed by atoms with Crippen molar-refractivity contribution in [2.45, 2.75) is 44.9 Å². The number of aromatic nitrogens is 2. The van der Waals surface area contributed by atoms with Crippen molar-refractivity contribution in [2.75, 3.05) is 13.2 Å². The molecule has 18 heavy (non-hydrogen) atoms. The Morgan fingerprint density at radius 3 is 2.61 bits per heavy atom. The van der Waals surface area contributed by atoms with Crippen LogP contribution in [0, 0.1) is 0 Å². The van der Waals surface area contributed by atoms with E-state index in [1.165, 1.54) is 0 Å². The van der Waals surface area contributed by atoms with Crippen LogP contribution in [0.1, 0.15) is 33.7 Å². The Hall–Kier alpha value is -0.845. The first kappa shape index (κ1) is 13.6. The highest BCUT2D eigenvalue weighted by Crippen LogP contribution is 2.24. The van der Waals surface area contributed by atoms with Gasteiger partial charge in [-0.15, -0.1) is 0 Å². The summed E-state index contributed by atoms with van der Waals surface area (Å²) in [4.78, 5) is 0. The van der Waals surface area contributed by atoms with E-state index in [2.05, 4.69) is 5.10 Å². The first-order valence-electron chi connectivity index (χ1n) is 6.15. The molecule has 0 bridgehead atoms. The highest BCUT2D eigenvalue weighted by Gasteiger charge is 2.35. The maximum Gasteiger partial charge on any atom is 0.334 e. The number of hydrogen-bond donors (Lipinski definition) is 1. The summed E-state index contributed by atoms with van der Waals surface area (Å²) >= 11 is 0. The summed E-state index contributed by atoms with van der Waals surface area (Å²) in [6.07, 6.45) is 3.67. The van der Waals surface area contributed by atoms with Gasteiger partial charge in [0.2, 0.25) is 0 Å². The van der Waals surface area contributed by atoms with Crippen molar-refractivity contribution in [3.05, 3.63) is 12.4 Å². The molecule has 1 aliphatic rings. The molecule has 1 aromatic heterocycles. The fourth-order valence-corrected chi connectivity index (χ4v) is 1.35. The Bertz CT molecular complexity index is 408. The van der Waals surface area contributed by atoms with Gasteiger partial charge in [0.05, 0.1) is 30.5 Å². The van der Waals surface area contributed by atoms with Gasteiger partial charge in [-0.25, -0.2) is 0 Å². The summed E-state index contributed by atoms with van der Waals surface area (Å²) in [6.45, 7) is 8.61. The summed E-state index contributed by atoms with van der Waals surface area (Å²) in [7, 11) is 1.64. The fourth-order valence-electron chi connectivity index (χ4n) is 1.35. The molecule has 1 aliphatic heterocycles. The van der Waals surface area contributed by atoms with E-state index < -0.39 is 11.2 Å². The maximum absolute atomic E-state index is 9.98. The molecular weight excluding hydrogens is 231 g/mol. The molecule has 0 unspecified atom stereocenters. The molecule has 1 N–H and O–H groups in total. The first-order valence-corrected chi connectivity index (χ1v) is 6.15. The molecule has 1 fully saturated rings. The van der Waals surface area contributed by atoms with Crippen molar-refractivity contribution in [2.24, 2.45) is 0 Å². The minimum Gasteiger partial charge on any atom is -0.427 e. The lowest BCUT2D eigenvalue weighted by Gasteiger charge is -2.37. The Labute approximate surface area is 108 Å². The van der Waals surface area contributed by atoms with E-state index in [4.69, 9.17) is 9.39 Å². The molecule has 99 valence electrons. The van der Waals surface area contributed by atoms with Crippen LogP contribution in [0.15, 0.2) is 12.4 Å². The molecule has 1 radical (unpaired) electrons. The van der Waals surface area contributed by atoms with E-state index in [1.54, 1.807) is 27.5 Å². The molecular formula is C12H20BN2O3. The van der Waals surface area contributed by atoms with E-state index in [0.717, 1.165) is 18.7 Å². The summed E-state index contributed by atoms with van der Waals surface area (Å²) in [5.74, 6) is 0. The SMILES string of the molecule is CC(C)(O)C(C)(C)O[B]c1cnn(C2COC2)c1. The zero-order valence-electron chi connectivity index (χ0n) is 11.4. The van der Waals surface area contributed by atoms with Gasteiger partial charge in [0, 0.05) is 12.4 Å². The van der Waals surface area contributed by atoms with Crippen LogP contribution in [0.25, 0.3) is 0 Å². The number of nitrogens with zero attached hydrogens (tertiary/aromatic N) is 2. The Balaban J connectivity index is 1.92. The minimum atomic E-state index is -0.915. The zero-order valence-corrected chi connectivity index (χ0v) is 11.4. The first-order chi connectivity index (χ1) is 8.29. The molecule has 1 saturated heterocycles. The van der Waals surface area contributed by atoms with E-state index >= 15 is 0 Å². The van der Waals surface area contributed by atoms with Gasteiger partial charge < -0.3 is 14.5 Å². The largest absolute Gasteiger partial charge is 0.427 e. The smallest absolute Gasteiger partial charge is 0.334 e. The average molecular weight is 251 g/mol. The normalized spacial score (nSPS) is 17.6. The lowest BCUT2D eigenvalue weighted by atomic mass is 9.84. The van der Waals surface area contributed by atoms with E-state index in [9.17, 15) is 5.11 Å². The highest BCUT2D eigenvalue weighted by molar-refractivity contribution is 6.46. The summed E-state index contributed by atoms with van der Waals surface area (Å²) in [6, 6.07) is 0.342. The topological polar surface area (TPSA) is 56.5 Å². The Kier molecular flexibility index (Phi) is 3.53. The molecule has 5 nitrogen and oxygen atoms in total. The van der Waals surface area contributed by atoms with Crippen LogP contribution in [0.5, 0.6) is 0 Å². The van der Waals surface area contributed by atoms with E-state index in [-0.39, 0.29) is 0 Å². The van der Waals surface area contributed by atoms with Crippen LogP contribution < -0.4 is 5.46 Å². The number of ether oxygens (including phenoxy) is 1. The number of aliphatic hydroxyl groups is 1. The third kappa shape index (κ3) is 2.76. The average Bonchev–Trinajstić information content (AvgIpc) is 2.59. The molecule has 0 atom stereocenters. The molecule has 0 amide bonds. The van der Waals surface area contributed by atoms with Crippen molar-refractivity contribution < 1.29 is 14.5 Å². The van der Waals surface area contributed by atoms with Crippen LogP contribution in [-0.4, -0.2) is 46.8 Å². The number of rotatable bonds is 5. The van der Waals surface area contributed by atoms with Crippen molar-refractivity contribution in [3.8, 4) is 0 Å². The molecule has 0 aliphatic carbocycles. The fraction of sp³-hybridized carbons (Fsp3) is 0.750. The quantitative estimate of drug-likeness (QED) is 0.763. The Morgan fingerprint density at radius 1 is 1.44 bits per heavy atom. The number of hydrogen-bond acceptors (Lipinski definition) is 4. The van der Waals surface area contributed by atoms with Crippen molar-refractivity contribution >= 4 is 12.9 Å². The monoisotopic (exact) mass is 251 g/mol. The molecule has 0 spiro atoms. The second kappa shape index (κ2) is 4.68. The molecule has 0 aromatic carbocycles. The van der Waals surface area contributed by atoms with Gasteiger partial charge in [0.1, 0.15) is 0 Å². The summed E-state index contributed by atoms with van der Waals surface area (Å²) in [5.41, 5.74) is -0.685. The summed E-state index contributed by atoms with van der Waals surface area (Å²) < 4.78 is 12.7. The second-order valence-electron chi connectivity index (χ2n) is 5.75. The van der Waals surface area contributed by atoms with Gasteiger partial charge in [0.25, 0.3) is 0 Å². The van der Waals surface area contributed by atoms with E-state index in [0.29, 0.717) is 6.04 Å². The second-order valence-corrected chi connectivity index (χ2v) is 5.75. The van der Waals surface area contributed by atoms with Gasteiger partial charge in [0.15, 0.2) is 0 Å². The van der Waals surface area contributed by atoms with Gasteiger partial charge in [-0.05, 0) is 33.2 Å². The molecule has 0 saturated carbocycles. The lowest BCUT2D eigenvalue weighted by molar-refractivity contribution is -0.0893. The van der Waals surface area contributed by atoms with Crippen molar-refractivity contribution in [1.29, 1.82) is 0 Å². The Morgan fingerprint density at radius 2 is 2.11 bits per heavy atom. The van der Waals surface area contributed by atoms with Crippen LogP contribution in [0.2, 0.25) is 0 Å². The van der Waals surface area contributed by atoms with Crippen LogP contribution >= 0.6 is 0 Å². The predicted octanol–water partition coefficient (Wildman–Crippen LogP) is 0.265. The predicted molar refractivity (Wildman–Crippen MR) is 68.9 cm³/mol. The van der Waals surface area contributed by atoms with Crippen LogP contribution in [0.4, 0.5) is 0 Å². The maximum atomic E-state index is 9.98.